The number of rotatable bonds is 3. The van der Waals surface area contributed by atoms with E-state index in [0.717, 1.165) is 38.9 Å². The van der Waals surface area contributed by atoms with Gasteiger partial charge in [0.15, 0.2) is 0 Å². The highest BCUT2D eigenvalue weighted by molar-refractivity contribution is 6.32. The zero-order valence-corrected chi connectivity index (χ0v) is 18.4. The molecule has 3 aromatic carbocycles. The maximum atomic E-state index is 6.39. The van der Waals surface area contributed by atoms with Gasteiger partial charge in [0, 0.05) is 22.0 Å². The molecular formula is C26H25ClN2O. The predicted molar refractivity (Wildman–Crippen MR) is 126 cm³/mol. The van der Waals surface area contributed by atoms with Crippen molar-refractivity contribution in [3.05, 3.63) is 94.3 Å². The molecule has 1 N–H and O–H groups in total. The molecule has 0 saturated carbocycles. The van der Waals surface area contributed by atoms with E-state index in [9.17, 15) is 0 Å². The van der Waals surface area contributed by atoms with Gasteiger partial charge in [0.05, 0.1) is 11.0 Å². The van der Waals surface area contributed by atoms with Gasteiger partial charge in [-0.1, -0.05) is 74.8 Å². The van der Waals surface area contributed by atoms with E-state index in [1.165, 1.54) is 5.56 Å². The van der Waals surface area contributed by atoms with Crippen molar-refractivity contribution in [2.45, 2.75) is 33.1 Å². The Morgan fingerprint density at radius 2 is 1.60 bits per heavy atom. The van der Waals surface area contributed by atoms with Crippen LogP contribution in [0.15, 0.2) is 82.3 Å². The smallest absolute Gasteiger partial charge is 0.137 e. The van der Waals surface area contributed by atoms with Crippen molar-refractivity contribution in [3.8, 4) is 11.3 Å². The molecule has 0 unspecified atom stereocenters. The van der Waals surface area contributed by atoms with Gasteiger partial charge in [-0.05, 0) is 47.7 Å². The lowest BCUT2D eigenvalue weighted by Crippen LogP contribution is -2.10. The van der Waals surface area contributed by atoms with Crippen LogP contribution in [0.25, 0.3) is 22.3 Å². The van der Waals surface area contributed by atoms with E-state index in [4.69, 9.17) is 16.0 Å². The molecule has 1 aromatic heterocycles. The average Bonchev–Trinajstić information content (AvgIpc) is 2.73. The van der Waals surface area contributed by atoms with E-state index in [2.05, 4.69) is 55.6 Å². The lowest BCUT2D eigenvalue weighted by Gasteiger charge is -2.19. The molecular weight excluding hydrogens is 392 g/mol. The number of halogens is 1. The SMILES string of the molecule is Cc1cc2oc(-c3ccc(C(C)(C)C)cc3)c/c(=N\Nc3ccccc3)c2cc1Cl. The monoisotopic (exact) mass is 416 g/mol. The second kappa shape index (κ2) is 8.00. The molecule has 0 spiro atoms. The van der Waals surface area contributed by atoms with Gasteiger partial charge in [0.1, 0.15) is 11.3 Å². The van der Waals surface area contributed by atoms with Crippen LogP contribution in [0.3, 0.4) is 0 Å². The first-order chi connectivity index (χ1) is 14.3. The summed E-state index contributed by atoms with van der Waals surface area (Å²) < 4.78 is 6.26. The third kappa shape index (κ3) is 4.27. The molecule has 0 amide bonds. The summed E-state index contributed by atoms with van der Waals surface area (Å²) in [6, 6.07) is 24.2. The summed E-state index contributed by atoms with van der Waals surface area (Å²) in [6.07, 6.45) is 0. The third-order valence-electron chi connectivity index (χ3n) is 5.14. The van der Waals surface area contributed by atoms with Crippen molar-refractivity contribution in [2.24, 2.45) is 5.10 Å². The number of anilines is 1. The molecule has 4 aromatic rings. The number of nitrogens with one attached hydrogen (secondary N) is 1. The highest BCUT2D eigenvalue weighted by Crippen LogP contribution is 2.28. The van der Waals surface area contributed by atoms with E-state index in [0.29, 0.717) is 5.02 Å². The van der Waals surface area contributed by atoms with Crippen LogP contribution in [0.5, 0.6) is 0 Å². The minimum Gasteiger partial charge on any atom is -0.456 e. The first-order valence-corrected chi connectivity index (χ1v) is 10.4. The van der Waals surface area contributed by atoms with E-state index < -0.39 is 0 Å². The average molecular weight is 417 g/mol. The van der Waals surface area contributed by atoms with Crippen LogP contribution < -0.4 is 10.8 Å². The zero-order chi connectivity index (χ0) is 21.3. The Morgan fingerprint density at radius 3 is 2.27 bits per heavy atom. The highest BCUT2D eigenvalue weighted by Gasteiger charge is 2.14. The number of benzene rings is 3. The molecule has 152 valence electrons. The summed E-state index contributed by atoms with van der Waals surface area (Å²) in [5.74, 6) is 0.762. The Labute approximate surface area is 182 Å². The Kier molecular flexibility index (Phi) is 5.40. The van der Waals surface area contributed by atoms with Gasteiger partial charge >= 0.3 is 0 Å². The van der Waals surface area contributed by atoms with Crippen molar-refractivity contribution in [1.82, 2.24) is 0 Å². The van der Waals surface area contributed by atoms with Crippen LogP contribution in [-0.4, -0.2) is 0 Å². The van der Waals surface area contributed by atoms with Crippen LogP contribution in [-0.2, 0) is 5.41 Å². The van der Waals surface area contributed by atoms with Crippen molar-refractivity contribution in [3.63, 3.8) is 0 Å². The molecule has 4 rings (SSSR count). The van der Waals surface area contributed by atoms with Crippen LogP contribution in [0.1, 0.15) is 31.9 Å². The normalized spacial score (nSPS) is 12.4. The molecule has 0 aliphatic rings. The van der Waals surface area contributed by atoms with Crippen molar-refractivity contribution < 1.29 is 4.42 Å². The Bertz CT molecular complexity index is 1250. The first-order valence-electron chi connectivity index (χ1n) is 10.0. The van der Waals surface area contributed by atoms with E-state index >= 15 is 0 Å². The zero-order valence-electron chi connectivity index (χ0n) is 17.7. The Balaban J connectivity index is 1.86. The molecule has 0 fully saturated rings. The summed E-state index contributed by atoms with van der Waals surface area (Å²) in [6.45, 7) is 8.60. The maximum Gasteiger partial charge on any atom is 0.137 e. The van der Waals surface area contributed by atoms with Gasteiger partial charge in [0.25, 0.3) is 0 Å². The second-order valence-electron chi connectivity index (χ2n) is 8.51. The first kappa shape index (κ1) is 20.2. The molecule has 1 heterocycles. The number of nitrogens with zero attached hydrogens (tertiary/aromatic N) is 1. The maximum absolute atomic E-state index is 6.39. The summed E-state index contributed by atoms with van der Waals surface area (Å²) in [7, 11) is 0. The molecule has 30 heavy (non-hydrogen) atoms. The van der Waals surface area contributed by atoms with Crippen LogP contribution in [0.2, 0.25) is 5.02 Å². The summed E-state index contributed by atoms with van der Waals surface area (Å²) in [4.78, 5) is 0. The molecule has 0 aliphatic carbocycles. The molecule has 0 radical (unpaired) electrons. The van der Waals surface area contributed by atoms with Crippen LogP contribution in [0.4, 0.5) is 5.69 Å². The quantitative estimate of drug-likeness (QED) is 0.356. The lowest BCUT2D eigenvalue weighted by atomic mass is 9.86. The number of aryl methyl sites for hydroxylation is 1. The Morgan fingerprint density at radius 1 is 0.900 bits per heavy atom. The molecule has 3 nitrogen and oxygen atoms in total. The lowest BCUT2D eigenvalue weighted by molar-refractivity contribution is 0.589. The van der Waals surface area contributed by atoms with Gasteiger partial charge in [-0.15, -0.1) is 0 Å². The molecule has 0 aliphatic heterocycles. The molecule has 0 atom stereocenters. The minimum absolute atomic E-state index is 0.104. The number of hydrogen-bond acceptors (Lipinski definition) is 3. The van der Waals surface area contributed by atoms with Crippen molar-refractivity contribution in [1.29, 1.82) is 0 Å². The molecule has 0 bridgehead atoms. The van der Waals surface area contributed by atoms with Gasteiger partial charge in [-0.25, -0.2) is 0 Å². The highest BCUT2D eigenvalue weighted by atomic mass is 35.5. The standard InChI is InChI=1S/C26H25ClN2O/c1-17-14-25-21(15-22(17)27)23(29-28-20-8-6-5-7-9-20)16-24(30-25)18-10-12-19(13-11-18)26(2,3)4/h5-16,28H,1-4H3/b29-23+. The topological polar surface area (TPSA) is 37.5 Å². The number of fused-ring (bicyclic) bond motifs is 1. The largest absolute Gasteiger partial charge is 0.456 e. The fourth-order valence-electron chi connectivity index (χ4n) is 3.30. The van der Waals surface area contributed by atoms with Gasteiger partial charge < -0.3 is 4.42 Å². The third-order valence-corrected chi connectivity index (χ3v) is 5.55. The number of hydrogen-bond donors (Lipinski definition) is 1. The Hall–Kier alpha value is -3.04. The van der Waals surface area contributed by atoms with Gasteiger partial charge in [-0.2, -0.15) is 5.10 Å². The van der Waals surface area contributed by atoms with Crippen molar-refractivity contribution >= 4 is 28.3 Å². The van der Waals surface area contributed by atoms with Gasteiger partial charge in [0.2, 0.25) is 0 Å². The van der Waals surface area contributed by atoms with Crippen LogP contribution in [0, 0.1) is 6.92 Å². The van der Waals surface area contributed by atoms with E-state index in [1.54, 1.807) is 0 Å². The molecule has 0 saturated heterocycles. The second-order valence-corrected chi connectivity index (χ2v) is 8.92. The fraction of sp³-hybridized carbons (Fsp3) is 0.192. The predicted octanol–water partition coefficient (Wildman–Crippen LogP) is 7.29. The molecule has 4 heteroatoms. The van der Waals surface area contributed by atoms with Crippen molar-refractivity contribution in [2.75, 3.05) is 5.43 Å². The van der Waals surface area contributed by atoms with Gasteiger partial charge in [-0.3, -0.25) is 5.43 Å². The summed E-state index contributed by atoms with van der Waals surface area (Å²) in [5.41, 5.74) is 8.17. The number of para-hydroxylation sites is 1. The van der Waals surface area contributed by atoms with Crippen LogP contribution >= 0.6 is 11.6 Å². The van der Waals surface area contributed by atoms with E-state index in [1.807, 2.05) is 55.5 Å². The summed E-state index contributed by atoms with van der Waals surface area (Å²) in [5, 5.41) is 6.98. The van der Waals surface area contributed by atoms with E-state index in [-0.39, 0.29) is 5.41 Å². The minimum atomic E-state index is 0.104. The fourth-order valence-corrected chi connectivity index (χ4v) is 3.46. The summed E-state index contributed by atoms with van der Waals surface area (Å²) >= 11 is 6.39.